The lowest BCUT2D eigenvalue weighted by molar-refractivity contribution is -0.0508. The van der Waals surface area contributed by atoms with E-state index in [9.17, 15) is 15.0 Å². The van der Waals surface area contributed by atoms with Crippen molar-refractivity contribution >= 4 is 11.0 Å². The highest BCUT2D eigenvalue weighted by Crippen LogP contribution is 2.32. The van der Waals surface area contributed by atoms with Crippen LogP contribution >= 0.6 is 0 Å². The monoisotopic (exact) mass is 292 g/mol. The van der Waals surface area contributed by atoms with Crippen LogP contribution in [0.4, 0.5) is 0 Å². The Morgan fingerprint density at radius 1 is 1.48 bits per heavy atom. The summed E-state index contributed by atoms with van der Waals surface area (Å²) in [7, 11) is 0. The fourth-order valence-corrected chi connectivity index (χ4v) is 2.48. The van der Waals surface area contributed by atoms with Gasteiger partial charge in [-0.3, -0.25) is 4.79 Å². The van der Waals surface area contributed by atoms with E-state index in [1.807, 2.05) is 6.07 Å². The highest BCUT2D eigenvalue weighted by atomic mass is 16.6. The molecule has 0 radical (unpaired) electrons. The molecule has 4 N–H and O–H groups in total. The number of aromatic amines is 1. The number of aromatic nitrogens is 3. The van der Waals surface area contributed by atoms with Crippen LogP contribution in [0.25, 0.3) is 11.0 Å². The quantitative estimate of drug-likeness (QED) is 0.511. The molecule has 2 aromatic rings. The normalized spacial score (nSPS) is 28.9. The first-order valence-electron chi connectivity index (χ1n) is 6.19. The Labute approximate surface area is 117 Å². The lowest BCUT2D eigenvalue weighted by atomic mass is 10.1. The van der Waals surface area contributed by atoms with Gasteiger partial charge in [-0.05, 0) is 0 Å². The Bertz CT molecular complexity index is 776. The Hall–Kier alpha value is -2.25. The molecule has 0 aromatic carbocycles. The first-order valence-corrected chi connectivity index (χ1v) is 6.19. The molecule has 4 atom stereocenters. The average molecular weight is 292 g/mol. The first kappa shape index (κ1) is 13.7. The molecule has 1 saturated heterocycles. The molecule has 21 heavy (non-hydrogen) atoms. The van der Waals surface area contributed by atoms with Crippen LogP contribution in [0.15, 0.2) is 17.3 Å². The van der Waals surface area contributed by atoms with Crippen LogP contribution in [0.5, 0.6) is 0 Å². The van der Waals surface area contributed by atoms with Crippen molar-refractivity contribution in [2.24, 2.45) is 0 Å². The van der Waals surface area contributed by atoms with Crippen molar-refractivity contribution in [2.75, 3.05) is 6.61 Å². The summed E-state index contributed by atoms with van der Waals surface area (Å²) >= 11 is 0. The van der Waals surface area contributed by atoms with Gasteiger partial charge in [0.15, 0.2) is 11.9 Å². The molecule has 0 bridgehead atoms. The van der Waals surface area contributed by atoms with Gasteiger partial charge in [0, 0.05) is 6.20 Å². The molecule has 9 nitrogen and oxygen atoms in total. The molecule has 3 heterocycles. The molecular weight excluding hydrogens is 280 g/mol. The number of aliphatic hydroxyl groups excluding tert-OH is 3. The fraction of sp³-hybridized carbons (Fsp3) is 0.417. The molecule has 1 aliphatic rings. The Kier molecular flexibility index (Phi) is 3.23. The zero-order chi connectivity index (χ0) is 15.1. The van der Waals surface area contributed by atoms with Crippen molar-refractivity contribution in [3.05, 3.63) is 28.4 Å². The Balaban J connectivity index is 2.17. The maximum Gasteiger partial charge on any atom is 0.261 e. The van der Waals surface area contributed by atoms with Gasteiger partial charge in [-0.2, -0.15) is 5.26 Å². The lowest BCUT2D eigenvalue weighted by Gasteiger charge is -2.16. The van der Waals surface area contributed by atoms with Gasteiger partial charge in [0.05, 0.1) is 18.5 Å². The molecule has 0 aliphatic carbocycles. The number of fused-ring (bicyclic) bond motifs is 1. The highest BCUT2D eigenvalue weighted by Gasteiger charge is 2.44. The van der Waals surface area contributed by atoms with Crippen LogP contribution in [0.3, 0.4) is 0 Å². The molecule has 0 unspecified atom stereocenters. The van der Waals surface area contributed by atoms with Crippen LogP contribution in [0.1, 0.15) is 11.8 Å². The SMILES string of the molecule is N#Cc1cn([C@@H]2O[C@H](CO)[C@@H](O)[C@@H]2O)c2nc[nH]c(=O)c12. The second kappa shape index (κ2) is 4.94. The van der Waals surface area contributed by atoms with Crippen molar-refractivity contribution in [1.82, 2.24) is 14.5 Å². The smallest absolute Gasteiger partial charge is 0.261 e. The number of nitriles is 1. The van der Waals surface area contributed by atoms with E-state index in [2.05, 4.69) is 9.97 Å². The molecule has 110 valence electrons. The number of nitrogens with zero attached hydrogens (tertiary/aromatic N) is 3. The molecule has 1 aliphatic heterocycles. The molecule has 9 heteroatoms. The summed E-state index contributed by atoms with van der Waals surface area (Å²) in [5.41, 5.74) is -0.246. The van der Waals surface area contributed by atoms with E-state index in [0.717, 1.165) is 0 Å². The molecule has 0 saturated carbocycles. The molecule has 3 rings (SSSR count). The predicted molar refractivity (Wildman–Crippen MR) is 68.1 cm³/mol. The minimum Gasteiger partial charge on any atom is -0.394 e. The third-order valence-corrected chi connectivity index (χ3v) is 3.53. The highest BCUT2D eigenvalue weighted by molar-refractivity contribution is 5.82. The zero-order valence-corrected chi connectivity index (χ0v) is 10.7. The van der Waals surface area contributed by atoms with E-state index in [1.54, 1.807) is 0 Å². The van der Waals surface area contributed by atoms with Crippen LogP contribution in [-0.2, 0) is 4.74 Å². The summed E-state index contributed by atoms with van der Waals surface area (Å²) in [6, 6.07) is 1.88. The molecule has 1 fully saturated rings. The third-order valence-electron chi connectivity index (χ3n) is 3.53. The summed E-state index contributed by atoms with van der Waals surface area (Å²) in [6.07, 6.45) is -2.09. The summed E-state index contributed by atoms with van der Waals surface area (Å²) in [4.78, 5) is 18.2. The van der Waals surface area contributed by atoms with Crippen LogP contribution < -0.4 is 5.56 Å². The largest absolute Gasteiger partial charge is 0.394 e. The number of nitrogens with one attached hydrogen (secondary N) is 1. The topological polar surface area (TPSA) is 144 Å². The van der Waals surface area contributed by atoms with Crippen molar-refractivity contribution in [3.8, 4) is 6.07 Å². The molecule has 2 aromatic heterocycles. The van der Waals surface area contributed by atoms with Crippen molar-refractivity contribution in [2.45, 2.75) is 24.5 Å². The van der Waals surface area contributed by atoms with E-state index in [-0.39, 0.29) is 16.6 Å². The van der Waals surface area contributed by atoms with E-state index < -0.39 is 36.7 Å². The third kappa shape index (κ3) is 1.93. The average Bonchev–Trinajstić information content (AvgIpc) is 2.99. The van der Waals surface area contributed by atoms with Gasteiger partial charge in [-0.15, -0.1) is 0 Å². The summed E-state index contributed by atoms with van der Waals surface area (Å²) in [5.74, 6) is 0. The van der Waals surface area contributed by atoms with Gasteiger partial charge in [-0.25, -0.2) is 4.98 Å². The van der Waals surface area contributed by atoms with Gasteiger partial charge in [0.25, 0.3) is 5.56 Å². The number of rotatable bonds is 2. The number of ether oxygens (including phenoxy) is 1. The lowest BCUT2D eigenvalue weighted by Crippen LogP contribution is -2.33. The van der Waals surface area contributed by atoms with Crippen LogP contribution in [-0.4, -0.2) is 54.8 Å². The second-order valence-electron chi connectivity index (χ2n) is 4.72. The molecule has 0 spiro atoms. The molecular formula is C12H12N4O5. The van der Waals surface area contributed by atoms with Crippen LogP contribution in [0, 0.1) is 11.3 Å². The maximum atomic E-state index is 11.8. The molecule has 0 amide bonds. The number of hydrogen-bond acceptors (Lipinski definition) is 7. The van der Waals surface area contributed by atoms with Crippen LogP contribution in [0.2, 0.25) is 0 Å². The van der Waals surface area contributed by atoms with E-state index in [0.29, 0.717) is 0 Å². The van der Waals surface area contributed by atoms with Gasteiger partial charge in [0.1, 0.15) is 29.8 Å². The maximum absolute atomic E-state index is 11.8. The Morgan fingerprint density at radius 2 is 2.24 bits per heavy atom. The number of hydrogen-bond donors (Lipinski definition) is 4. The number of aliphatic hydroxyl groups is 3. The minimum atomic E-state index is -1.31. The van der Waals surface area contributed by atoms with Crippen molar-refractivity contribution < 1.29 is 20.1 Å². The fourth-order valence-electron chi connectivity index (χ4n) is 2.48. The van der Waals surface area contributed by atoms with Crippen molar-refractivity contribution in [3.63, 3.8) is 0 Å². The standard InChI is InChI=1S/C12H12N4O5/c13-1-5-2-16(10-7(5)11(20)15-4-14-10)12-9(19)8(18)6(3-17)21-12/h2,4,6,8-9,12,17-19H,3H2,(H,14,15,20)/t6-,8-,9+,12-/m1/s1. The zero-order valence-electron chi connectivity index (χ0n) is 10.7. The first-order chi connectivity index (χ1) is 10.1. The minimum absolute atomic E-state index is 0.0806. The van der Waals surface area contributed by atoms with Gasteiger partial charge in [-0.1, -0.05) is 0 Å². The number of H-pyrrole nitrogens is 1. The van der Waals surface area contributed by atoms with Crippen molar-refractivity contribution in [1.29, 1.82) is 5.26 Å². The summed E-state index contributed by atoms with van der Waals surface area (Å²) in [5, 5.41) is 38.1. The van der Waals surface area contributed by atoms with Gasteiger partial charge < -0.3 is 29.6 Å². The van der Waals surface area contributed by atoms with Gasteiger partial charge >= 0.3 is 0 Å². The predicted octanol–water partition coefficient (Wildman–Crippen LogP) is -1.79. The summed E-state index contributed by atoms with van der Waals surface area (Å²) in [6.45, 7) is -0.465. The van der Waals surface area contributed by atoms with E-state index in [4.69, 9.17) is 15.1 Å². The second-order valence-corrected chi connectivity index (χ2v) is 4.72. The van der Waals surface area contributed by atoms with Gasteiger partial charge in [0.2, 0.25) is 0 Å². The Morgan fingerprint density at radius 3 is 2.86 bits per heavy atom. The summed E-state index contributed by atoms with van der Waals surface area (Å²) < 4.78 is 6.69. The van der Waals surface area contributed by atoms with E-state index in [1.165, 1.54) is 17.1 Å². The van der Waals surface area contributed by atoms with E-state index >= 15 is 0 Å².